The van der Waals surface area contributed by atoms with Gasteiger partial charge in [-0.1, -0.05) is 0 Å². The number of methoxy groups -OCH3 is 4. The van der Waals surface area contributed by atoms with E-state index in [9.17, 15) is 4.79 Å². The van der Waals surface area contributed by atoms with Crippen LogP contribution in [0.2, 0.25) is 0 Å². The molecule has 0 atom stereocenters. The van der Waals surface area contributed by atoms with Crippen molar-refractivity contribution in [3.05, 3.63) is 41.5 Å². The molecule has 1 amide bonds. The zero-order valence-electron chi connectivity index (χ0n) is 15.1. The zero-order chi connectivity index (χ0) is 18.4. The third kappa shape index (κ3) is 4.35. The highest BCUT2D eigenvalue weighted by Crippen LogP contribution is 2.31. The predicted molar refractivity (Wildman–Crippen MR) is 96.2 cm³/mol. The van der Waals surface area contributed by atoms with Gasteiger partial charge in [0.2, 0.25) is 5.91 Å². The number of anilines is 1. The van der Waals surface area contributed by atoms with Crippen molar-refractivity contribution >= 4 is 11.6 Å². The van der Waals surface area contributed by atoms with E-state index in [1.54, 1.807) is 46.6 Å². The van der Waals surface area contributed by atoms with E-state index < -0.39 is 0 Å². The second-order valence-corrected chi connectivity index (χ2v) is 5.42. The largest absolute Gasteiger partial charge is 0.497 e. The molecule has 0 unspecified atom stereocenters. The highest BCUT2D eigenvalue weighted by molar-refractivity contribution is 5.94. The minimum Gasteiger partial charge on any atom is -0.497 e. The van der Waals surface area contributed by atoms with Gasteiger partial charge in [-0.3, -0.25) is 4.79 Å². The Balaban J connectivity index is 2.23. The van der Waals surface area contributed by atoms with Gasteiger partial charge in [-0.05, 0) is 36.8 Å². The average molecular weight is 345 g/mol. The van der Waals surface area contributed by atoms with E-state index in [2.05, 4.69) is 5.32 Å². The third-order valence-electron chi connectivity index (χ3n) is 3.83. The molecule has 0 aliphatic carbocycles. The summed E-state index contributed by atoms with van der Waals surface area (Å²) < 4.78 is 21.2. The van der Waals surface area contributed by atoms with Crippen LogP contribution in [0.4, 0.5) is 5.69 Å². The first kappa shape index (κ1) is 18.4. The van der Waals surface area contributed by atoms with Gasteiger partial charge in [-0.15, -0.1) is 0 Å². The maximum absolute atomic E-state index is 12.5. The number of carbonyl (C=O) groups excluding carboxylic acids is 1. The van der Waals surface area contributed by atoms with Crippen molar-refractivity contribution in [3.8, 4) is 23.0 Å². The lowest BCUT2D eigenvalue weighted by molar-refractivity contribution is -0.115. The Hall–Kier alpha value is -2.89. The van der Waals surface area contributed by atoms with Crippen LogP contribution >= 0.6 is 0 Å². The van der Waals surface area contributed by atoms with Gasteiger partial charge in [0.15, 0.2) is 0 Å². The van der Waals surface area contributed by atoms with Crippen LogP contribution in [0, 0.1) is 6.92 Å². The number of aryl methyl sites for hydroxylation is 1. The van der Waals surface area contributed by atoms with E-state index in [0.29, 0.717) is 28.7 Å². The summed E-state index contributed by atoms with van der Waals surface area (Å²) in [6.07, 6.45) is 0.139. The lowest BCUT2D eigenvalue weighted by Crippen LogP contribution is -2.16. The van der Waals surface area contributed by atoms with Crippen molar-refractivity contribution in [1.29, 1.82) is 0 Å². The quantitative estimate of drug-likeness (QED) is 0.835. The fourth-order valence-electron chi connectivity index (χ4n) is 2.53. The molecule has 0 heterocycles. The molecule has 2 aromatic carbocycles. The predicted octanol–water partition coefficient (Wildman–Crippen LogP) is 3.21. The summed E-state index contributed by atoms with van der Waals surface area (Å²) in [6.45, 7) is 1.92. The first-order valence-corrected chi connectivity index (χ1v) is 7.75. The molecule has 25 heavy (non-hydrogen) atoms. The van der Waals surface area contributed by atoms with Gasteiger partial charge in [0.05, 0.1) is 40.5 Å². The van der Waals surface area contributed by atoms with E-state index in [1.807, 2.05) is 19.1 Å². The van der Waals surface area contributed by atoms with Crippen LogP contribution in [0.5, 0.6) is 23.0 Å². The molecule has 0 aliphatic heterocycles. The molecule has 6 heteroatoms. The average Bonchev–Trinajstić information content (AvgIpc) is 2.62. The van der Waals surface area contributed by atoms with Crippen LogP contribution in [0.3, 0.4) is 0 Å². The van der Waals surface area contributed by atoms with Crippen LogP contribution in [0.15, 0.2) is 30.3 Å². The number of benzene rings is 2. The van der Waals surface area contributed by atoms with Crippen molar-refractivity contribution in [3.63, 3.8) is 0 Å². The number of amides is 1. The van der Waals surface area contributed by atoms with Crippen molar-refractivity contribution in [2.45, 2.75) is 13.3 Å². The summed E-state index contributed by atoms with van der Waals surface area (Å²) in [5, 5.41) is 2.85. The molecule has 0 saturated carbocycles. The van der Waals surface area contributed by atoms with E-state index in [1.165, 1.54) is 0 Å². The maximum atomic E-state index is 12.5. The lowest BCUT2D eigenvalue weighted by atomic mass is 10.1. The first-order valence-electron chi connectivity index (χ1n) is 7.75. The summed E-state index contributed by atoms with van der Waals surface area (Å²) in [5.41, 5.74) is 2.23. The molecule has 0 fully saturated rings. The van der Waals surface area contributed by atoms with E-state index >= 15 is 0 Å². The fourth-order valence-corrected chi connectivity index (χ4v) is 2.53. The summed E-state index contributed by atoms with van der Waals surface area (Å²) in [4.78, 5) is 12.5. The van der Waals surface area contributed by atoms with Gasteiger partial charge < -0.3 is 24.3 Å². The molecule has 0 aromatic heterocycles. The number of carbonyl (C=O) groups is 1. The Kier molecular flexibility index (Phi) is 6.11. The van der Waals surface area contributed by atoms with Crippen molar-refractivity contribution in [2.24, 2.45) is 0 Å². The monoisotopic (exact) mass is 345 g/mol. The Morgan fingerprint density at radius 1 is 0.880 bits per heavy atom. The first-order chi connectivity index (χ1) is 12.0. The highest BCUT2D eigenvalue weighted by atomic mass is 16.5. The summed E-state index contributed by atoms with van der Waals surface area (Å²) >= 11 is 0. The van der Waals surface area contributed by atoms with E-state index in [-0.39, 0.29) is 12.3 Å². The molecule has 0 radical (unpaired) electrons. The van der Waals surface area contributed by atoms with Crippen molar-refractivity contribution < 1.29 is 23.7 Å². The summed E-state index contributed by atoms with van der Waals surface area (Å²) in [5.74, 6) is 2.35. The topological polar surface area (TPSA) is 66.0 Å². The zero-order valence-corrected chi connectivity index (χ0v) is 15.1. The lowest BCUT2D eigenvalue weighted by Gasteiger charge is -2.14. The van der Waals surface area contributed by atoms with Gasteiger partial charge in [0, 0.05) is 11.6 Å². The van der Waals surface area contributed by atoms with Crippen LogP contribution in [0.1, 0.15) is 11.1 Å². The third-order valence-corrected chi connectivity index (χ3v) is 3.83. The van der Waals surface area contributed by atoms with Crippen molar-refractivity contribution in [2.75, 3.05) is 33.8 Å². The van der Waals surface area contributed by atoms with Gasteiger partial charge in [0.25, 0.3) is 0 Å². The molecule has 0 spiro atoms. The SMILES string of the molecule is COc1ccc(OC)c(NC(=O)Cc2cc(OC)c(C)cc2OC)c1. The van der Waals surface area contributed by atoms with Gasteiger partial charge in [-0.25, -0.2) is 0 Å². The molecule has 0 bridgehead atoms. The Labute approximate surface area is 147 Å². The Morgan fingerprint density at radius 2 is 1.56 bits per heavy atom. The number of nitrogens with one attached hydrogen (secondary N) is 1. The standard InChI is InChI=1S/C19H23NO5/c1-12-8-18(25-5)13(9-17(12)24-4)10-19(21)20-15-11-14(22-2)6-7-16(15)23-3/h6-9,11H,10H2,1-5H3,(H,20,21). The van der Waals surface area contributed by atoms with Gasteiger partial charge >= 0.3 is 0 Å². The van der Waals surface area contributed by atoms with Crippen LogP contribution in [0.25, 0.3) is 0 Å². The normalized spacial score (nSPS) is 10.1. The van der Waals surface area contributed by atoms with Crippen molar-refractivity contribution in [1.82, 2.24) is 0 Å². The van der Waals surface area contributed by atoms with Gasteiger partial charge in [-0.2, -0.15) is 0 Å². The second kappa shape index (κ2) is 8.28. The molecule has 2 aromatic rings. The number of hydrogen-bond acceptors (Lipinski definition) is 5. The molecule has 134 valence electrons. The van der Waals surface area contributed by atoms with Crippen LogP contribution in [-0.4, -0.2) is 34.3 Å². The summed E-state index contributed by atoms with van der Waals surface area (Å²) in [6, 6.07) is 8.89. The minimum absolute atomic E-state index is 0.139. The molecule has 2 rings (SSSR count). The maximum Gasteiger partial charge on any atom is 0.229 e. The number of ether oxygens (including phenoxy) is 4. The number of hydrogen-bond donors (Lipinski definition) is 1. The molecule has 1 N–H and O–H groups in total. The molecule has 0 aliphatic rings. The van der Waals surface area contributed by atoms with E-state index in [0.717, 1.165) is 11.1 Å². The van der Waals surface area contributed by atoms with E-state index in [4.69, 9.17) is 18.9 Å². The minimum atomic E-state index is -0.198. The highest BCUT2D eigenvalue weighted by Gasteiger charge is 2.14. The van der Waals surface area contributed by atoms with Crippen LogP contribution in [-0.2, 0) is 11.2 Å². The Morgan fingerprint density at radius 3 is 2.16 bits per heavy atom. The second-order valence-electron chi connectivity index (χ2n) is 5.42. The number of rotatable bonds is 7. The Bertz CT molecular complexity index is 758. The molecular formula is C19H23NO5. The smallest absolute Gasteiger partial charge is 0.229 e. The van der Waals surface area contributed by atoms with Gasteiger partial charge in [0.1, 0.15) is 23.0 Å². The van der Waals surface area contributed by atoms with Crippen LogP contribution < -0.4 is 24.3 Å². The molecular weight excluding hydrogens is 322 g/mol. The molecule has 6 nitrogen and oxygen atoms in total. The molecule has 0 saturated heterocycles. The summed E-state index contributed by atoms with van der Waals surface area (Å²) in [7, 11) is 6.29. The fraction of sp³-hybridized carbons (Fsp3) is 0.316.